The number of aliphatic imine (C=N–C) groups is 1. The molecule has 9 heteroatoms. The van der Waals surface area contributed by atoms with Crippen molar-refractivity contribution in [3.05, 3.63) is 23.8 Å². The Bertz CT molecular complexity index is 895. The summed E-state index contributed by atoms with van der Waals surface area (Å²) < 4.78 is 34.8. The molecule has 0 bridgehead atoms. The summed E-state index contributed by atoms with van der Waals surface area (Å²) in [6.45, 7) is 0.473. The lowest BCUT2D eigenvalue weighted by atomic mass is 10.1. The standard InChI is InChI=1S/C18H22N2O5S2/c1-24-14-6-3-11(7-15(14)25-2)8-20-13-9-27(22,23)10-16(13)26-18(20)19-17(21)12-4-5-12/h3,6-7,12-13,16H,4-5,8-10H2,1-2H3/t13-,16-/m1/s1. The van der Waals surface area contributed by atoms with E-state index in [0.29, 0.717) is 23.2 Å². The number of fused-ring (bicyclic) bond motifs is 1. The van der Waals surface area contributed by atoms with Gasteiger partial charge >= 0.3 is 0 Å². The van der Waals surface area contributed by atoms with Crippen molar-refractivity contribution >= 4 is 32.7 Å². The molecule has 0 unspecified atom stereocenters. The zero-order valence-electron chi connectivity index (χ0n) is 15.3. The summed E-state index contributed by atoms with van der Waals surface area (Å²) in [7, 11) is 0.101. The summed E-state index contributed by atoms with van der Waals surface area (Å²) in [4.78, 5) is 18.5. The van der Waals surface area contributed by atoms with Gasteiger partial charge in [0.1, 0.15) is 0 Å². The van der Waals surface area contributed by atoms with Gasteiger partial charge in [0, 0.05) is 17.7 Å². The van der Waals surface area contributed by atoms with E-state index in [1.54, 1.807) is 14.2 Å². The summed E-state index contributed by atoms with van der Waals surface area (Å²) in [5.74, 6) is 1.46. The van der Waals surface area contributed by atoms with E-state index in [9.17, 15) is 13.2 Å². The first-order valence-electron chi connectivity index (χ1n) is 8.87. The van der Waals surface area contributed by atoms with Gasteiger partial charge in [-0.25, -0.2) is 8.42 Å². The number of sulfone groups is 1. The second kappa shape index (κ2) is 7.01. The van der Waals surface area contributed by atoms with Crippen LogP contribution in [0, 0.1) is 5.92 Å². The average Bonchev–Trinajstić information content (AvgIpc) is 3.38. The molecule has 0 N–H and O–H groups in total. The molecule has 1 saturated carbocycles. The van der Waals surface area contributed by atoms with Crippen LogP contribution in [0.15, 0.2) is 23.2 Å². The highest BCUT2D eigenvalue weighted by Crippen LogP contribution is 2.40. The van der Waals surface area contributed by atoms with Crippen molar-refractivity contribution in [2.45, 2.75) is 30.7 Å². The first-order valence-corrected chi connectivity index (χ1v) is 11.6. The Morgan fingerprint density at radius 2 is 1.96 bits per heavy atom. The Morgan fingerprint density at radius 3 is 2.63 bits per heavy atom. The van der Waals surface area contributed by atoms with Crippen LogP contribution in [0.1, 0.15) is 18.4 Å². The van der Waals surface area contributed by atoms with Gasteiger partial charge in [-0.1, -0.05) is 17.8 Å². The molecule has 2 atom stereocenters. The molecule has 2 aliphatic heterocycles. The monoisotopic (exact) mass is 410 g/mol. The van der Waals surface area contributed by atoms with Crippen molar-refractivity contribution in [2.24, 2.45) is 10.9 Å². The zero-order valence-corrected chi connectivity index (χ0v) is 16.9. The quantitative estimate of drug-likeness (QED) is 0.730. The molecule has 1 aliphatic carbocycles. The minimum atomic E-state index is -3.06. The fraction of sp³-hybridized carbons (Fsp3) is 0.556. The molecule has 146 valence electrons. The predicted molar refractivity (Wildman–Crippen MR) is 104 cm³/mol. The number of amides is 1. The third-order valence-electron chi connectivity index (χ3n) is 5.11. The lowest BCUT2D eigenvalue weighted by Gasteiger charge is -2.25. The molecule has 0 aromatic heterocycles. The fourth-order valence-electron chi connectivity index (χ4n) is 3.51. The SMILES string of the molecule is COc1ccc(CN2C(=NC(=O)C3CC3)S[C@@H]3CS(=O)(=O)C[C@H]32)cc1OC. The minimum Gasteiger partial charge on any atom is -0.493 e. The van der Waals surface area contributed by atoms with Crippen LogP contribution in [0.2, 0.25) is 0 Å². The first-order chi connectivity index (χ1) is 12.9. The molecule has 7 nitrogen and oxygen atoms in total. The number of benzene rings is 1. The summed E-state index contributed by atoms with van der Waals surface area (Å²) in [5.41, 5.74) is 0.949. The van der Waals surface area contributed by atoms with Crippen LogP contribution in [-0.2, 0) is 21.2 Å². The molecular formula is C18H22N2O5S2. The second-order valence-electron chi connectivity index (χ2n) is 7.12. The first kappa shape index (κ1) is 18.6. The topological polar surface area (TPSA) is 85.3 Å². The Labute approximate surface area is 163 Å². The van der Waals surface area contributed by atoms with Gasteiger partial charge in [0.2, 0.25) is 0 Å². The second-order valence-corrected chi connectivity index (χ2v) is 10.5. The van der Waals surface area contributed by atoms with E-state index >= 15 is 0 Å². The summed E-state index contributed by atoms with van der Waals surface area (Å²) in [6, 6.07) is 5.47. The Balaban J connectivity index is 1.62. The number of nitrogens with zero attached hydrogens (tertiary/aromatic N) is 2. The van der Waals surface area contributed by atoms with Gasteiger partial charge in [-0.2, -0.15) is 4.99 Å². The van der Waals surface area contributed by atoms with Gasteiger partial charge in [-0.3, -0.25) is 4.79 Å². The highest BCUT2D eigenvalue weighted by Gasteiger charge is 2.49. The van der Waals surface area contributed by atoms with Crippen molar-refractivity contribution in [1.29, 1.82) is 0 Å². The Hall–Kier alpha value is -1.74. The highest BCUT2D eigenvalue weighted by molar-refractivity contribution is 8.15. The van der Waals surface area contributed by atoms with Crippen molar-refractivity contribution in [3.63, 3.8) is 0 Å². The minimum absolute atomic E-state index is 0.0465. The fourth-order valence-corrected chi connectivity index (χ4v) is 7.47. The number of rotatable bonds is 5. The van der Waals surface area contributed by atoms with Gasteiger partial charge < -0.3 is 14.4 Å². The molecule has 1 aromatic rings. The van der Waals surface area contributed by atoms with E-state index in [1.165, 1.54) is 11.8 Å². The van der Waals surface area contributed by atoms with Crippen molar-refractivity contribution < 1.29 is 22.7 Å². The average molecular weight is 411 g/mol. The lowest BCUT2D eigenvalue weighted by molar-refractivity contribution is -0.118. The van der Waals surface area contributed by atoms with Crippen molar-refractivity contribution in [1.82, 2.24) is 4.90 Å². The van der Waals surface area contributed by atoms with Crippen LogP contribution in [-0.4, -0.2) is 61.4 Å². The number of carbonyl (C=O) groups is 1. The van der Waals surface area contributed by atoms with E-state index in [2.05, 4.69) is 4.99 Å². The van der Waals surface area contributed by atoms with E-state index in [0.717, 1.165) is 18.4 Å². The number of hydrogen-bond donors (Lipinski definition) is 0. The van der Waals surface area contributed by atoms with Gasteiger partial charge in [-0.15, -0.1) is 0 Å². The smallest absolute Gasteiger partial charge is 0.251 e. The molecule has 3 fully saturated rings. The van der Waals surface area contributed by atoms with E-state index < -0.39 is 9.84 Å². The number of ether oxygens (including phenoxy) is 2. The highest BCUT2D eigenvalue weighted by atomic mass is 32.2. The van der Waals surface area contributed by atoms with Gasteiger partial charge in [-0.05, 0) is 30.5 Å². The summed E-state index contributed by atoms with van der Waals surface area (Å²) in [5, 5.41) is 0.576. The third kappa shape index (κ3) is 3.80. The zero-order chi connectivity index (χ0) is 19.2. The maximum absolute atomic E-state index is 12.2. The van der Waals surface area contributed by atoms with Crippen LogP contribution < -0.4 is 9.47 Å². The molecule has 0 spiro atoms. The molecule has 2 heterocycles. The summed E-state index contributed by atoms with van der Waals surface area (Å²) in [6.07, 6.45) is 1.80. The van der Waals surface area contributed by atoms with Crippen LogP contribution in [0.4, 0.5) is 0 Å². The number of carbonyl (C=O) groups excluding carboxylic acids is 1. The largest absolute Gasteiger partial charge is 0.493 e. The van der Waals surface area contributed by atoms with Crippen LogP contribution in [0.25, 0.3) is 0 Å². The third-order valence-corrected chi connectivity index (χ3v) is 8.36. The molecule has 1 amide bonds. The molecule has 27 heavy (non-hydrogen) atoms. The normalized spacial score (nSPS) is 27.6. The van der Waals surface area contributed by atoms with E-state index in [4.69, 9.17) is 9.47 Å². The van der Waals surface area contributed by atoms with Crippen molar-refractivity contribution in [2.75, 3.05) is 25.7 Å². The maximum Gasteiger partial charge on any atom is 0.251 e. The Morgan fingerprint density at radius 1 is 1.22 bits per heavy atom. The molecule has 0 radical (unpaired) electrons. The number of methoxy groups -OCH3 is 2. The molecule has 1 aromatic carbocycles. The number of thioether (sulfide) groups is 1. The molecular weight excluding hydrogens is 388 g/mol. The van der Waals surface area contributed by atoms with E-state index in [1.807, 2.05) is 23.1 Å². The summed E-state index contributed by atoms with van der Waals surface area (Å²) >= 11 is 1.42. The van der Waals surface area contributed by atoms with Gasteiger partial charge in [0.25, 0.3) is 5.91 Å². The molecule has 3 aliphatic rings. The van der Waals surface area contributed by atoms with Crippen LogP contribution in [0.3, 0.4) is 0 Å². The number of hydrogen-bond acceptors (Lipinski definition) is 6. The Kier molecular flexibility index (Phi) is 4.84. The maximum atomic E-state index is 12.2. The number of amidine groups is 1. The lowest BCUT2D eigenvalue weighted by Crippen LogP contribution is -2.37. The van der Waals surface area contributed by atoms with Crippen molar-refractivity contribution in [3.8, 4) is 11.5 Å². The van der Waals surface area contributed by atoms with E-state index in [-0.39, 0.29) is 34.6 Å². The molecule has 4 rings (SSSR count). The van der Waals surface area contributed by atoms with Crippen LogP contribution in [0.5, 0.6) is 11.5 Å². The van der Waals surface area contributed by atoms with Crippen LogP contribution >= 0.6 is 11.8 Å². The molecule has 2 saturated heterocycles. The van der Waals surface area contributed by atoms with Gasteiger partial charge in [0.15, 0.2) is 26.5 Å². The van der Waals surface area contributed by atoms with Gasteiger partial charge in [0.05, 0.1) is 31.8 Å². The predicted octanol–water partition coefficient (Wildman–Crippen LogP) is 1.71.